The Hall–Kier alpha value is -1.33. The van der Waals surface area contributed by atoms with Crippen LogP contribution in [0.3, 0.4) is 0 Å². The second kappa shape index (κ2) is 6.62. The van der Waals surface area contributed by atoms with Gasteiger partial charge in [-0.25, -0.2) is 4.39 Å². The highest BCUT2D eigenvalue weighted by Crippen LogP contribution is 2.25. The van der Waals surface area contributed by atoms with E-state index >= 15 is 0 Å². The summed E-state index contributed by atoms with van der Waals surface area (Å²) in [5.41, 5.74) is 0.0924. The van der Waals surface area contributed by atoms with Crippen molar-refractivity contribution in [1.29, 1.82) is 0 Å². The Labute approximate surface area is 132 Å². The van der Waals surface area contributed by atoms with Gasteiger partial charge in [0.05, 0.1) is 15.6 Å². The Balaban J connectivity index is 2.17. The van der Waals surface area contributed by atoms with Gasteiger partial charge in [-0.05, 0) is 18.6 Å². The third kappa shape index (κ3) is 3.66. The number of carbonyl (C=O) groups is 2. The first-order valence-electron chi connectivity index (χ1n) is 6.59. The molecule has 1 fully saturated rings. The quantitative estimate of drug-likeness (QED) is 0.742. The van der Waals surface area contributed by atoms with Crippen LogP contribution in [0, 0.1) is 5.82 Å². The van der Waals surface area contributed by atoms with Crippen LogP contribution >= 0.6 is 23.2 Å². The topological polar surface area (TPSA) is 40.6 Å². The molecule has 0 N–H and O–H groups in total. The minimum atomic E-state index is -0.676. The number of hydrogen-bond donors (Lipinski definition) is 0. The van der Waals surface area contributed by atoms with E-state index in [1.165, 1.54) is 13.0 Å². The SMILES string of the molecule is CC(=O)N1CCCN(C(=O)c2cc(F)c(Cl)cc2Cl)CC1. The molecule has 0 atom stereocenters. The molecule has 0 spiro atoms. The molecule has 4 nitrogen and oxygen atoms in total. The van der Waals surface area contributed by atoms with Crippen LogP contribution in [-0.4, -0.2) is 47.8 Å². The highest BCUT2D eigenvalue weighted by molar-refractivity contribution is 6.36. The molecule has 0 saturated carbocycles. The predicted molar refractivity (Wildman–Crippen MR) is 79.2 cm³/mol. The number of carbonyl (C=O) groups excluding carboxylic acids is 2. The van der Waals surface area contributed by atoms with Crippen LogP contribution in [0.4, 0.5) is 4.39 Å². The van der Waals surface area contributed by atoms with Crippen molar-refractivity contribution in [2.45, 2.75) is 13.3 Å². The monoisotopic (exact) mass is 332 g/mol. The number of benzene rings is 1. The standard InChI is InChI=1S/C14H15Cl2FN2O2/c1-9(20)18-3-2-4-19(6-5-18)14(21)10-7-13(17)12(16)8-11(10)15/h7-8H,2-6H2,1H3. The normalized spacial score (nSPS) is 15.8. The number of amides is 2. The Kier molecular flexibility index (Phi) is 5.06. The van der Waals surface area contributed by atoms with Crippen LogP contribution in [0.1, 0.15) is 23.7 Å². The van der Waals surface area contributed by atoms with Crippen molar-refractivity contribution in [3.8, 4) is 0 Å². The first kappa shape index (κ1) is 16.0. The second-order valence-electron chi connectivity index (χ2n) is 4.90. The molecule has 0 radical (unpaired) electrons. The van der Waals surface area contributed by atoms with Gasteiger partial charge in [-0.3, -0.25) is 9.59 Å². The molecule has 1 aliphatic heterocycles. The maximum Gasteiger partial charge on any atom is 0.255 e. The average molecular weight is 333 g/mol. The zero-order chi connectivity index (χ0) is 15.6. The molecule has 114 valence electrons. The minimum Gasteiger partial charge on any atom is -0.341 e. The van der Waals surface area contributed by atoms with Crippen molar-refractivity contribution >= 4 is 35.0 Å². The third-order valence-corrected chi connectivity index (χ3v) is 4.07. The van der Waals surface area contributed by atoms with Crippen LogP contribution in [0.15, 0.2) is 12.1 Å². The highest BCUT2D eigenvalue weighted by atomic mass is 35.5. The summed E-state index contributed by atoms with van der Waals surface area (Å²) in [6.07, 6.45) is 0.680. The molecule has 21 heavy (non-hydrogen) atoms. The summed E-state index contributed by atoms with van der Waals surface area (Å²) in [5, 5.41) is 0.00856. The van der Waals surface area contributed by atoms with E-state index in [2.05, 4.69) is 0 Å². The largest absolute Gasteiger partial charge is 0.341 e. The minimum absolute atomic E-state index is 0.0140. The molecule has 0 aromatic heterocycles. The number of halogens is 3. The van der Waals surface area contributed by atoms with Crippen molar-refractivity contribution in [1.82, 2.24) is 9.80 Å². The maximum atomic E-state index is 13.5. The Morgan fingerprint density at radius 3 is 2.33 bits per heavy atom. The van der Waals surface area contributed by atoms with E-state index in [4.69, 9.17) is 23.2 Å². The summed E-state index contributed by atoms with van der Waals surface area (Å²) >= 11 is 11.6. The molecular formula is C14H15Cl2FN2O2. The summed E-state index contributed by atoms with van der Waals surface area (Å²) in [7, 11) is 0. The van der Waals surface area contributed by atoms with E-state index in [9.17, 15) is 14.0 Å². The first-order valence-corrected chi connectivity index (χ1v) is 7.35. The smallest absolute Gasteiger partial charge is 0.255 e. The molecule has 0 unspecified atom stereocenters. The van der Waals surface area contributed by atoms with Gasteiger partial charge in [-0.1, -0.05) is 23.2 Å². The lowest BCUT2D eigenvalue weighted by molar-refractivity contribution is -0.128. The second-order valence-corrected chi connectivity index (χ2v) is 5.71. The van der Waals surface area contributed by atoms with Crippen molar-refractivity contribution in [2.75, 3.05) is 26.2 Å². The maximum absolute atomic E-state index is 13.5. The highest BCUT2D eigenvalue weighted by Gasteiger charge is 2.23. The molecule has 1 heterocycles. The summed E-state index contributed by atoms with van der Waals surface area (Å²) in [6.45, 7) is 3.49. The summed E-state index contributed by atoms with van der Waals surface area (Å²) in [6, 6.07) is 2.28. The van der Waals surface area contributed by atoms with Crippen molar-refractivity contribution in [3.63, 3.8) is 0 Å². The van der Waals surface area contributed by atoms with Crippen LogP contribution in [0.25, 0.3) is 0 Å². The molecule has 0 aliphatic carbocycles. The summed E-state index contributed by atoms with van der Waals surface area (Å²) in [4.78, 5) is 27.1. The van der Waals surface area contributed by atoms with Gasteiger partial charge in [0.15, 0.2) is 0 Å². The lowest BCUT2D eigenvalue weighted by atomic mass is 10.2. The Morgan fingerprint density at radius 1 is 1.05 bits per heavy atom. The summed E-state index contributed by atoms with van der Waals surface area (Å²) < 4.78 is 13.5. The van der Waals surface area contributed by atoms with Gasteiger partial charge in [0.1, 0.15) is 5.82 Å². The first-order chi connectivity index (χ1) is 9.90. The molecule has 1 aliphatic rings. The fraction of sp³-hybridized carbons (Fsp3) is 0.429. The van der Waals surface area contributed by atoms with Crippen molar-refractivity contribution in [2.24, 2.45) is 0 Å². The average Bonchev–Trinajstić information content (AvgIpc) is 2.68. The Morgan fingerprint density at radius 2 is 1.67 bits per heavy atom. The zero-order valence-electron chi connectivity index (χ0n) is 11.5. The van der Waals surface area contributed by atoms with E-state index in [-0.39, 0.29) is 27.4 Å². The van der Waals surface area contributed by atoms with E-state index in [0.29, 0.717) is 32.6 Å². The van der Waals surface area contributed by atoms with Gasteiger partial charge >= 0.3 is 0 Å². The third-order valence-electron chi connectivity index (χ3n) is 3.47. The van der Waals surface area contributed by atoms with Gasteiger partial charge in [0.2, 0.25) is 5.91 Å². The van der Waals surface area contributed by atoms with Gasteiger partial charge in [0, 0.05) is 33.1 Å². The van der Waals surface area contributed by atoms with Crippen LogP contribution in [-0.2, 0) is 4.79 Å². The number of hydrogen-bond acceptors (Lipinski definition) is 2. The van der Waals surface area contributed by atoms with Crippen LogP contribution < -0.4 is 0 Å². The molecular weight excluding hydrogens is 318 g/mol. The fourth-order valence-corrected chi connectivity index (χ4v) is 2.76. The van der Waals surface area contributed by atoms with E-state index in [0.717, 1.165) is 6.07 Å². The van der Waals surface area contributed by atoms with Crippen molar-refractivity contribution < 1.29 is 14.0 Å². The van der Waals surface area contributed by atoms with Crippen LogP contribution in [0.2, 0.25) is 10.0 Å². The summed E-state index contributed by atoms with van der Waals surface area (Å²) in [5.74, 6) is -1.04. The van der Waals surface area contributed by atoms with Gasteiger partial charge in [-0.2, -0.15) is 0 Å². The lowest BCUT2D eigenvalue weighted by Crippen LogP contribution is -2.36. The zero-order valence-corrected chi connectivity index (χ0v) is 13.0. The number of nitrogens with zero attached hydrogens (tertiary/aromatic N) is 2. The van der Waals surface area contributed by atoms with E-state index in [1.54, 1.807) is 9.80 Å². The van der Waals surface area contributed by atoms with Gasteiger partial charge in [0.25, 0.3) is 5.91 Å². The molecule has 0 bridgehead atoms. The Bertz CT molecular complexity index is 580. The molecule has 1 aromatic rings. The van der Waals surface area contributed by atoms with E-state index in [1.807, 2.05) is 0 Å². The van der Waals surface area contributed by atoms with Gasteiger partial charge < -0.3 is 9.80 Å². The molecule has 2 amide bonds. The van der Waals surface area contributed by atoms with Crippen LogP contribution in [0.5, 0.6) is 0 Å². The fourth-order valence-electron chi connectivity index (χ4n) is 2.29. The molecule has 1 saturated heterocycles. The lowest BCUT2D eigenvalue weighted by Gasteiger charge is -2.22. The van der Waals surface area contributed by atoms with E-state index < -0.39 is 5.82 Å². The molecule has 1 aromatic carbocycles. The molecule has 7 heteroatoms. The van der Waals surface area contributed by atoms with Crippen molar-refractivity contribution in [3.05, 3.63) is 33.6 Å². The predicted octanol–water partition coefficient (Wildman–Crippen LogP) is 2.83. The molecule has 2 rings (SSSR count). The number of rotatable bonds is 1. The van der Waals surface area contributed by atoms with Gasteiger partial charge in [-0.15, -0.1) is 0 Å².